The van der Waals surface area contributed by atoms with Gasteiger partial charge in [-0.1, -0.05) is 38.1 Å². The summed E-state index contributed by atoms with van der Waals surface area (Å²) in [6, 6.07) is 9.50. The number of aryl methyl sites for hydroxylation is 1. The van der Waals surface area contributed by atoms with Crippen LogP contribution in [-0.4, -0.2) is 25.8 Å². The van der Waals surface area contributed by atoms with Gasteiger partial charge in [0.05, 0.1) is 6.61 Å². The van der Waals surface area contributed by atoms with Crippen LogP contribution in [0.15, 0.2) is 24.3 Å². The van der Waals surface area contributed by atoms with Gasteiger partial charge in [-0.25, -0.2) is 0 Å². The van der Waals surface area contributed by atoms with Crippen molar-refractivity contribution in [1.29, 1.82) is 0 Å². The lowest BCUT2D eigenvalue weighted by atomic mass is 9.99. The minimum Gasteiger partial charge on any atom is -0.383 e. The highest BCUT2D eigenvalue weighted by atomic mass is 16.5. The van der Waals surface area contributed by atoms with Crippen LogP contribution < -0.4 is 5.32 Å². The van der Waals surface area contributed by atoms with E-state index in [0.717, 1.165) is 13.0 Å². The molecular weight excluding hydrogens is 222 g/mol. The largest absolute Gasteiger partial charge is 0.383 e. The van der Waals surface area contributed by atoms with E-state index in [1.807, 2.05) is 0 Å². The number of hydrogen-bond acceptors (Lipinski definition) is 2. The molecule has 2 atom stereocenters. The van der Waals surface area contributed by atoms with Crippen LogP contribution >= 0.6 is 0 Å². The Balaban J connectivity index is 2.55. The molecule has 1 aromatic carbocycles. The van der Waals surface area contributed by atoms with Gasteiger partial charge in [0.1, 0.15) is 0 Å². The molecule has 102 valence electrons. The molecule has 0 fully saturated rings. The smallest absolute Gasteiger partial charge is 0.0618 e. The first-order valence-electron chi connectivity index (χ1n) is 6.84. The first-order chi connectivity index (χ1) is 8.54. The zero-order valence-corrected chi connectivity index (χ0v) is 12.4. The van der Waals surface area contributed by atoms with Crippen molar-refractivity contribution in [2.75, 3.05) is 13.7 Å². The summed E-state index contributed by atoms with van der Waals surface area (Å²) < 4.78 is 5.28. The number of hydrogen-bond donors (Lipinski definition) is 1. The Morgan fingerprint density at radius 3 is 2.39 bits per heavy atom. The molecule has 0 radical (unpaired) electrons. The Kier molecular flexibility index (Phi) is 6.37. The summed E-state index contributed by atoms with van der Waals surface area (Å²) in [6.45, 7) is 9.67. The molecule has 0 aliphatic carbocycles. The van der Waals surface area contributed by atoms with Gasteiger partial charge in [0, 0.05) is 19.2 Å². The zero-order chi connectivity index (χ0) is 13.5. The van der Waals surface area contributed by atoms with E-state index >= 15 is 0 Å². The summed E-state index contributed by atoms with van der Waals surface area (Å²) in [6.07, 6.45) is 1.07. The first-order valence-corrected chi connectivity index (χ1v) is 6.84. The maximum absolute atomic E-state index is 5.28. The van der Waals surface area contributed by atoms with Crippen LogP contribution in [0.25, 0.3) is 0 Å². The minimum absolute atomic E-state index is 0.425. The highest BCUT2D eigenvalue weighted by molar-refractivity contribution is 5.26. The van der Waals surface area contributed by atoms with Crippen LogP contribution in [0.1, 0.15) is 31.9 Å². The van der Waals surface area contributed by atoms with Crippen molar-refractivity contribution >= 4 is 0 Å². The molecule has 0 spiro atoms. The molecule has 0 amide bonds. The molecule has 0 aliphatic rings. The third-order valence-corrected chi connectivity index (χ3v) is 3.44. The van der Waals surface area contributed by atoms with E-state index in [9.17, 15) is 0 Å². The molecule has 0 saturated heterocycles. The summed E-state index contributed by atoms with van der Waals surface area (Å²) in [5.41, 5.74) is 2.80. The summed E-state index contributed by atoms with van der Waals surface area (Å²) >= 11 is 0. The SMILES string of the molecule is COCC(NC(C)Cc1ccccc1C)C(C)C. The summed E-state index contributed by atoms with van der Waals surface area (Å²) in [5.74, 6) is 0.587. The van der Waals surface area contributed by atoms with Crippen LogP contribution in [0, 0.1) is 12.8 Å². The molecule has 2 heteroatoms. The molecule has 2 unspecified atom stereocenters. The molecule has 0 aromatic heterocycles. The maximum atomic E-state index is 5.28. The zero-order valence-electron chi connectivity index (χ0n) is 12.4. The highest BCUT2D eigenvalue weighted by Crippen LogP contribution is 2.11. The molecule has 1 rings (SSSR count). The molecule has 18 heavy (non-hydrogen) atoms. The Labute approximate surface area is 112 Å². The molecule has 0 bridgehead atoms. The van der Waals surface area contributed by atoms with Gasteiger partial charge in [-0.05, 0) is 37.3 Å². The lowest BCUT2D eigenvalue weighted by Gasteiger charge is -2.26. The molecule has 0 heterocycles. The van der Waals surface area contributed by atoms with Crippen LogP contribution in [0.4, 0.5) is 0 Å². The third-order valence-electron chi connectivity index (χ3n) is 3.44. The van der Waals surface area contributed by atoms with Crippen molar-refractivity contribution in [3.8, 4) is 0 Å². The van der Waals surface area contributed by atoms with E-state index in [4.69, 9.17) is 4.74 Å². The molecule has 1 N–H and O–H groups in total. The second-order valence-electron chi connectivity index (χ2n) is 5.50. The topological polar surface area (TPSA) is 21.3 Å². The Hall–Kier alpha value is -0.860. The fraction of sp³-hybridized carbons (Fsp3) is 0.625. The van der Waals surface area contributed by atoms with Gasteiger partial charge in [-0.3, -0.25) is 0 Å². The van der Waals surface area contributed by atoms with Gasteiger partial charge in [-0.2, -0.15) is 0 Å². The summed E-state index contributed by atoms with van der Waals surface area (Å²) in [5, 5.41) is 3.67. The van der Waals surface area contributed by atoms with Crippen LogP contribution in [-0.2, 0) is 11.2 Å². The lowest BCUT2D eigenvalue weighted by molar-refractivity contribution is 0.141. The second-order valence-corrected chi connectivity index (χ2v) is 5.50. The average molecular weight is 249 g/mol. The second kappa shape index (κ2) is 7.55. The number of rotatable bonds is 7. The molecular formula is C16H27NO. The predicted molar refractivity (Wildman–Crippen MR) is 78.0 cm³/mol. The van der Waals surface area contributed by atoms with E-state index in [1.54, 1.807) is 7.11 Å². The predicted octanol–water partition coefficient (Wildman–Crippen LogP) is 3.19. The Morgan fingerprint density at radius 1 is 1.17 bits per heavy atom. The van der Waals surface area contributed by atoms with Crippen molar-refractivity contribution in [2.45, 2.75) is 46.2 Å². The fourth-order valence-electron chi connectivity index (χ4n) is 2.21. The number of methoxy groups -OCH3 is 1. The van der Waals surface area contributed by atoms with Crippen LogP contribution in [0.2, 0.25) is 0 Å². The van der Waals surface area contributed by atoms with E-state index in [1.165, 1.54) is 11.1 Å². The number of ether oxygens (including phenoxy) is 1. The maximum Gasteiger partial charge on any atom is 0.0618 e. The Bertz CT molecular complexity index is 349. The quantitative estimate of drug-likeness (QED) is 0.801. The van der Waals surface area contributed by atoms with Gasteiger partial charge in [0.2, 0.25) is 0 Å². The third kappa shape index (κ3) is 4.79. The lowest BCUT2D eigenvalue weighted by Crippen LogP contribution is -2.43. The van der Waals surface area contributed by atoms with Gasteiger partial charge in [-0.15, -0.1) is 0 Å². The van der Waals surface area contributed by atoms with Crippen LogP contribution in [0.3, 0.4) is 0 Å². The van der Waals surface area contributed by atoms with E-state index in [2.05, 4.69) is 57.3 Å². The van der Waals surface area contributed by atoms with Gasteiger partial charge >= 0.3 is 0 Å². The minimum atomic E-state index is 0.425. The van der Waals surface area contributed by atoms with Crippen molar-refractivity contribution in [2.24, 2.45) is 5.92 Å². The van der Waals surface area contributed by atoms with Crippen molar-refractivity contribution < 1.29 is 4.74 Å². The first kappa shape index (κ1) is 15.2. The van der Waals surface area contributed by atoms with E-state index in [-0.39, 0.29) is 0 Å². The standard InChI is InChI=1S/C16H27NO/c1-12(2)16(11-18-5)17-14(4)10-15-9-7-6-8-13(15)3/h6-9,12,14,16-17H,10-11H2,1-5H3. The number of benzene rings is 1. The van der Waals surface area contributed by atoms with Crippen molar-refractivity contribution in [3.05, 3.63) is 35.4 Å². The molecule has 2 nitrogen and oxygen atoms in total. The van der Waals surface area contributed by atoms with Crippen molar-refractivity contribution in [1.82, 2.24) is 5.32 Å². The summed E-state index contributed by atoms with van der Waals surface area (Å²) in [7, 11) is 1.77. The van der Waals surface area contributed by atoms with Gasteiger partial charge in [0.15, 0.2) is 0 Å². The summed E-state index contributed by atoms with van der Waals surface area (Å²) in [4.78, 5) is 0. The van der Waals surface area contributed by atoms with Gasteiger partial charge < -0.3 is 10.1 Å². The average Bonchev–Trinajstić information content (AvgIpc) is 2.31. The fourth-order valence-corrected chi connectivity index (χ4v) is 2.21. The Morgan fingerprint density at radius 2 is 1.83 bits per heavy atom. The molecule has 0 aliphatic heterocycles. The van der Waals surface area contributed by atoms with Gasteiger partial charge in [0.25, 0.3) is 0 Å². The number of nitrogens with one attached hydrogen (secondary N) is 1. The van der Waals surface area contributed by atoms with E-state index in [0.29, 0.717) is 18.0 Å². The normalized spacial score (nSPS) is 14.8. The molecule has 1 aromatic rings. The highest BCUT2D eigenvalue weighted by Gasteiger charge is 2.16. The monoisotopic (exact) mass is 249 g/mol. The van der Waals surface area contributed by atoms with Crippen molar-refractivity contribution in [3.63, 3.8) is 0 Å². The van der Waals surface area contributed by atoms with Crippen LogP contribution in [0.5, 0.6) is 0 Å². The van der Waals surface area contributed by atoms with E-state index < -0.39 is 0 Å². The molecule has 0 saturated carbocycles.